The maximum atomic E-state index is 9.73. The number of quaternary nitrogens is 1. The summed E-state index contributed by atoms with van der Waals surface area (Å²) < 4.78 is 0. The van der Waals surface area contributed by atoms with E-state index in [1.54, 1.807) is 0 Å². The molecule has 0 aromatic carbocycles. The van der Waals surface area contributed by atoms with Gasteiger partial charge in [0.15, 0.2) is 0 Å². The fourth-order valence-corrected chi connectivity index (χ4v) is 3.07. The second kappa shape index (κ2) is 11.1. The van der Waals surface area contributed by atoms with Gasteiger partial charge in [0.2, 0.25) is 0 Å². The summed E-state index contributed by atoms with van der Waals surface area (Å²) in [6.45, 7) is 4.51. The Hall–Kier alpha value is 0.210. The van der Waals surface area contributed by atoms with E-state index in [-0.39, 0.29) is 18.5 Å². The van der Waals surface area contributed by atoms with Gasteiger partial charge in [0, 0.05) is 12.8 Å². The predicted octanol–water partition coefficient (Wildman–Crippen LogP) is -0.394. The molecule has 0 amide bonds. The van der Waals surface area contributed by atoms with E-state index in [4.69, 9.17) is 0 Å². The van der Waals surface area contributed by atoms with Gasteiger partial charge in [-0.25, -0.2) is 0 Å². The van der Waals surface area contributed by atoms with Crippen LogP contribution in [-0.4, -0.2) is 23.3 Å². The molecule has 18 heavy (non-hydrogen) atoms. The number of hydrogen-bond acceptors (Lipinski definition) is 1. The first-order chi connectivity index (χ1) is 8.22. The zero-order chi connectivity index (χ0) is 12.5. The first-order valence-electron chi connectivity index (χ1n) is 7.75. The minimum absolute atomic E-state index is 0. The van der Waals surface area contributed by atoms with Crippen LogP contribution < -0.4 is 17.7 Å². The van der Waals surface area contributed by atoms with Gasteiger partial charge in [-0.1, -0.05) is 45.4 Å². The lowest BCUT2D eigenvalue weighted by Crippen LogP contribution is -3.00. The molecule has 1 aliphatic heterocycles. The van der Waals surface area contributed by atoms with Crippen LogP contribution in [0, 0.1) is 0 Å². The van der Waals surface area contributed by atoms with Crippen LogP contribution in [0.1, 0.15) is 78.1 Å². The molecule has 0 bridgehead atoms. The molecule has 0 spiro atoms. The molecule has 1 saturated heterocycles. The van der Waals surface area contributed by atoms with Gasteiger partial charge in [-0.3, -0.25) is 0 Å². The molecule has 1 fully saturated rings. The van der Waals surface area contributed by atoms with Crippen molar-refractivity contribution in [2.45, 2.75) is 96.2 Å². The molecule has 110 valence electrons. The Morgan fingerprint density at radius 1 is 1.00 bits per heavy atom. The second-order valence-corrected chi connectivity index (χ2v) is 5.97. The first kappa shape index (κ1) is 18.2. The molecule has 1 heterocycles. The summed E-state index contributed by atoms with van der Waals surface area (Å²) in [4.78, 5) is 0. The Kier molecular flexibility index (Phi) is 11.2. The van der Waals surface area contributed by atoms with Gasteiger partial charge in [0.25, 0.3) is 0 Å². The minimum Gasteiger partial charge on any atom is -1.00 e. The average Bonchev–Trinajstić information content (AvgIpc) is 2.26. The predicted molar refractivity (Wildman–Crippen MR) is 73.0 cm³/mol. The summed E-state index contributed by atoms with van der Waals surface area (Å²) in [7, 11) is 0. The number of aliphatic hydroxyl groups excluding tert-OH is 1. The van der Waals surface area contributed by atoms with Crippen molar-refractivity contribution in [1.82, 2.24) is 0 Å². The van der Waals surface area contributed by atoms with Gasteiger partial charge >= 0.3 is 0 Å². The number of aliphatic hydroxyl groups is 1. The lowest BCUT2D eigenvalue weighted by molar-refractivity contribution is -0.730. The van der Waals surface area contributed by atoms with Crippen LogP contribution in [0.5, 0.6) is 0 Å². The maximum absolute atomic E-state index is 9.73. The molecule has 0 unspecified atom stereocenters. The third-order valence-electron chi connectivity index (χ3n) is 4.00. The highest BCUT2D eigenvalue weighted by atomic mass is 35.5. The van der Waals surface area contributed by atoms with Crippen LogP contribution in [0.4, 0.5) is 0 Å². The Bertz CT molecular complexity index is 179. The zero-order valence-corrected chi connectivity index (χ0v) is 13.0. The third-order valence-corrected chi connectivity index (χ3v) is 4.00. The minimum atomic E-state index is -0.0374. The number of rotatable bonds is 8. The quantitative estimate of drug-likeness (QED) is 0.583. The average molecular weight is 278 g/mol. The molecule has 2 nitrogen and oxygen atoms in total. The van der Waals surface area contributed by atoms with E-state index < -0.39 is 0 Å². The van der Waals surface area contributed by atoms with Crippen molar-refractivity contribution in [3.8, 4) is 0 Å². The molecular weight excluding hydrogens is 246 g/mol. The SMILES string of the molecule is CCCCCCCCC[C@@H]1C[C@H](O)C[C@H](C)[NH2+]1.[Cl-]. The summed E-state index contributed by atoms with van der Waals surface area (Å²) in [5.74, 6) is 0. The summed E-state index contributed by atoms with van der Waals surface area (Å²) in [6, 6.07) is 1.30. The molecule has 3 heteroatoms. The number of hydrogen-bond donors (Lipinski definition) is 2. The Morgan fingerprint density at radius 3 is 2.22 bits per heavy atom. The van der Waals surface area contributed by atoms with Crippen molar-refractivity contribution < 1.29 is 22.8 Å². The Morgan fingerprint density at radius 2 is 1.61 bits per heavy atom. The summed E-state index contributed by atoms with van der Waals surface area (Å²) >= 11 is 0. The fourth-order valence-electron chi connectivity index (χ4n) is 3.07. The highest BCUT2D eigenvalue weighted by Crippen LogP contribution is 2.14. The molecule has 0 radical (unpaired) electrons. The highest BCUT2D eigenvalue weighted by molar-refractivity contribution is 4.70. The third kappa shape index (κ3) is 8.34. The van der Waals surface area contributed by atoms with E-state index in [0.29, 0.717) is 12.1 Å². The van der Waals surface area contributed by atoms with Crippen LogP contribution in [0.3, 0.4) is 0 Å². The molecule has 0 aromatic rings. The van der Waals surface area contributed by atoms with Gasteiger partial charge < -0.3 is 22.8 Å². The molecule has 3 N–H and O–H groups in total. The van der Waals surface area contributed by atoms with E-state index in [9.17, 15) is 5.11 Å². The van der Waals surface area contributed by atoms with Crippen LogP contribution in [0.2, 0.25) is 0 Å². The van der Waals surface area contributed by atoms with Crippen molar-refractivity contribution in [2.24, 2.45) is 0 Å². The van der Waals surface area contributed by atoms with Crippen molar-refractivity contribution in [3.05, 3.63) is 0 Å². The summed E-state index contributed by atoms with van der Waals surface area (Å²) in [6.07, 6.45) is 13.0. The molecule has 3 atom stereocenters. The lowest BCUT2D eigenvalue weighted by Gasteiger charge is -2.29. The number of piperidine rings is 1. The van der Waals surface area contributed by atoms with Gasteiger partial charge in [0.1, 0.15) is 0 Å². The van der Waals surface area contributed by atoms with Gasteiger partial charge in [-0.05, 0) is 19.8 Å². The summed E-state index contributed by atoms with van der Waals surface area (Å²) in [5, 5.41) is 12.2. The molecule has 1 rings (SSSR count). The van der Waals surface area contributed by atoms with Gasteiger partial charge in [0.05, 0.1) is 18.2 Å². The maximum Gasteiger partial charge on any atom is 0.0886 e. The topological polar surface area (TPSA) is 36.8 Å². The van der Waals surface area contributed by atoms with Crippen molar-refractivity contribution in [3.63, 3.8) is 0 Å². The van der Waals surface area contributed by atoms with E-state index >= 15 is 0 Å². The van der Waals surface area contributed by atoms with Gasteiger partial charge in [-0.2, -0.15) is 0 Å². The largest absolute Gasteiger partial charge is 1.00 e. The fraction of sp³-hybridized carbons (Fsp3) is 1.00. The Balaban J connectivity index is 0.00000289. The van der Waals surface area contributed by atoms with Gasteiger partial charge in [-0.15, -0.1) is 0 Å². The molecular formula is C15H32ClNO. The number of nitrogens with two attached hydrogens (primary N) is 1. The van der Waals surface area contributed by atoms with Crippen molar-refractivity contribution >= 4 is 0 Å². The van der Waals surface area contributed by atoms with E-state index in [1.807, 2.05) is 0 Å². The molecule has 0 aliphatic carbocycles. The van der Waals surface area contributed by atoms with E-state index in [1.165, 1.54) is 51.4 Å². The van der Waals surface area contributed by atoms with Crippen molar-refractivity contribution in [1.29, 1.82) is 0 Å². The van der Waals surface area contributed by atoms with Crippen LogP contribution >= 0.6 is 0 Å². The molecule has 0 aromatic heterocycles. The number of unbranched alkanes of at least 4 members (excludes halogenated alkanes) is 6. The standard InChI is InChI=1S/C15H31NO.ClH/c1-3-4-5-6-7-8-9-10-14-12-15(17)11-13(2)16-14;/h13-17H,3-12H2,1-2H3;1H/t13-,14+,15+;/m0./s1. The first-order valence-corrected chi connectivity index (χ1v) is 7.75. The zero-order valence-electron chi connectivity index (χ0n) is 12.2. The highest BCUT2D eigenvalue weighted by Gasteiger charge is 2.27. The normalized spacial score (nSPS) is 27.8. The van der Waals surface area contributed by atoms with Crippen LogP contribution in [0.15, 0.2) is 0 Å². The van der Waals surface area contributed by atoms with E-state index in [0.717, 1.165) is 12.8 Å². The molecule has 1 aliphatic rings. The van der Waals surface area contributed by atoms with Crippen LogP contribution in [0.25, 0.3) is 0 Å². The lowest BCUT2D eigenvalue weighted by atomic mass is 9.93. The number of halogens is 1. The van der Waals surface area contributed by atoms with E-state index in [2.05, 4.69) is 19.2 Å². The molecule has 0 saturated carbocycles. The summed E-state index contributed by atoms with van der Waals surface area (Å²) in [5.41, 5.74) is 0. The van der Waals surface area contributed by atoms with Crippen LogP contribution in [-0.2, 0) is 0 Å². The second-order valence-electron chi connectivity index (χ2n) is 5.97. The Labute approximate surface area is 119 Å². The monoisotopic (exact) mass is 277 g/mol. The smallest absolute Gasteiger partial charge is 0.0886 e. The van der Waals surface area contributed by atoms with Crippen molar-refractivity contribution in [2.75, 3.05) is 0 Å².